The van der Waals surface area contributed by atoms with Crippen molar-refractivity contribution in [2.45, 2.75) is 6.42 Å². The van der Waals surface area contributed by atoms with E-state index in [0.29, 0.717) is 35.1 Å². The Balaban J connectivity index is 2.06. The summed E-state index contributed by atoms with van der Waals surface area (Å²) >= 11 is 6.25. The molecule has 7 nitrogen and oxygen atoms in total. The summed E-state index contributed by atoms with van der Waals surface area (Å²) in [7, 11) is 0. The van der Waals surface area contributed by atoms with Crippen LogP contribution in [0.3, 0.4) is 0 Å². The zero-order valence-corrected chi connectivity index (χ0v) is 11.6. The van der Waals surface area contributed by atoms with Crippen molar-refractivity contribution >= 4 is 17.5 Å². The molecule has 2 N–H and O–H groups in total. The summed E-state index contributed by atoms with van der Waals surface area (Å²) in [6, 6.07) is 3.42. The molecule has 3 rings (SSSR count). The molecule has 1 aliphatic heterocycles. The number of nitrogens with two attached hydrogens (primary N) is 1. The first kappa shape index (κ1) is 13.6. The molecule has 1 aromatic heterocycles. The van der Waals surface area contributed by atoms with E-state index in [2.05, 4.69) is 10.2 Å². The predicted molar refractivity (Wildman–Crippen MR) is 73.7 cm³/mol. The van der Waals surface area contributed by atoms with Crippen LogP contribution in [0.25, 0.3) is 5.69 Å². The molecule has 0 saturated carbocycles. The molecule has 8 heteroatoms. The summed E-state index contributed by atoms with van der Waals surface area (Å²) in [4.78, 5) is 21.4. The third kappa shape index (κ3) is 2.74. The lowest BCUT2D eigenvalue weighted by Crippen LogP contribution is -2.13. The Labute approximate surface area is 124 Å². The summed E-state index contributed by atoms with van der Waals surface area (Å²) in [5, 5.41) is 7.77. The van der Waals surface area contributed by atoms with Crippen LogP contribution in [0.2, 0.25) is 5.02 Å². The van der Waals surface area contributed by atoms with Gasteiger partial charge in [0, 0.05) is 12.1 Å². The maximum atomic E-state index is 11.6. The fourth-order valence-corrected chi connectivity index (χ4v) is 2.29. The van der Waals surface area contributed by atoms with Gasteiger partial charge in [-0.3, -0.25) is 9.36 Å². The highest BCUT2D eigenvalue weighted by Crippen LogP contribution is 2.28. The fourth-order valence-electron chi connectivity index (χ4n) is 2.02. The highest BCUT2D eigenvalue weighted by molar-refractivity contribution is 6.34. The smallest absolute Gasteiger partial charge is 0.250 e. The Bertz CT molecular complexity index is 712. The molecule has 0 atom stereocenters. The summed E-state index contributed by atoms with van der Waals surface area (Å²) in [5.41, 5.74) is 7.00. The van der Waals surface area contributed by atoms with Crippen LogP contribution in [0.15, 0.2) is 36.6 Å². The second-order valence-corrected chi connectivity index (χ2v) is 4.79. The highest BCUT2D eigenvalue weighted by Gasteiger charge is 2.17. The van der Waals surface area contributed by atoms with E-state index in [9.17, 15) is 4.79 Å². The van der Waals surface area contributed by atoms with Gasteiger partial charge in [-0.15, -0.1) is 10.2 Å². The van der Waals surface area contributed by atoms with E-state index in [4.69, 9.17) is 27.1 Å². The van der Waals surface area contributed by atoms with Crippen LogP contribution in [0.5, 0.6) is 0 Å². The average molecular weight is 307 g/mol. The molecule has 1 amide bonds. The molecule has 1 aliphatic rings. The minimum Gasteiger partial charge on any atom is -0.366 e. The monoisotopic (exact) mass is 306 g/mol. The number of hydrogen-bond acceptors (Lipinski definition) is 5. The quantitative estimate of drug-likeness (QED) is 0.862. The molecule has 0 spiro atoms. The number of amides is 1. The fraction of sp³-hybridized carbons (Fsp3) is 0.154. The number of primary amides is 1. The lowest BCUT2D eigenvalue weighted by molar-refractivity contribution is -0.234. The summed E-state index contributed by atoms with van der Waals surface area (Å²) < 4.78 is 1.66. The van der Waals surface area contributed by atoms with Crippen LogP contribution >= 0.6 is 11.6 Å². The molecule has 2 aromatic rings. The highest BCUT2D eigenvalue weighted by atomic mass is 35.5. The summed E-state index contributed by atoms with van der Waals surface area (Å²) in [6.45, 7) is 0.390. The van der Waals surface area contributed by atoms with Crippen molar-refractivity contribution < 1.29 is 14.6 Å². The van der Waals surface area contributed by atoms with Gasteiger partial charge in [-0.05, 0) is 23.8 Å². The molecule has 108 valence electrons. The second-order valence-electron chi connectivity index (χ2n) is 4.41. The maximum Gasteiger partial charge on any atom is 0.250 e. The number of benzene rings is 1. The predicted octanol–water partition coefficient (Wildman–Crippen LogP) is 1.41. The number of halogens is 1. The van der Waals surface area contributed by atoms with Gasteiger partial charge < -0.3 is 10.6 Å². The van der Waals surface area contributed by atoms with E-state index in [1.54, 1.807) is 16.7 Å². The van der Waals surface area contributed by atoms with Crippen molar-refractivity contribution in [1.82, 2.24) is 14.8 Å². The number of allylic oxidation sites excluding steroid dienone is 1. The zero-order valence-electron chi connectivity index (χ0n) is 10.8. The van der Waals surface area contributed by atoms with E-state index in [1.807, 2.05) is 6.07 Å². The Morgan fingerprint density at radius 3 is 2.76 bits per heavy atom. The van der Waals surface area contributed by atoms with E-state index < -0.39 is 5.91 Å². The Hall–Kier alpha value is -2.38. The Kier molecular flexibility index (Phi) is 3.59. The van der Waals surface area contributed by atoms with Gasteiger partial charge in [0.2, 0.25) is 5.91 Å². The van der Waals surface area contributed by atoms with Crippen LogP contribution in [0.4, 0.5) is 0 Å². The van der Waals surface area contributed by atoms with E-state index in [-0.39, 0.29) is 5.56 Å². The molecule has 1 aromatic carbocycles. The number of hydrogen-bond donors (Lipinski definition) is 1. The molecule has 0 aliphatic carbocycles. The molecular formula is C13H11ClN4O3. The van der Waals surface area contributed by atoms with Crippen molar-refractivity contribution in [3.05, 3.63) is 52.8 Å². The standard InChI is InChI=1S/C13H11ClN4O3/c14-12-8(4-10-1-2-20-21-10)3-9(5-11(12)13(15)19)18-6-16-17-7-18/h1,3,5-7H,2,4H2,(H2,15,19). The molecule has 0 fully saturated rings. The third-order valence-corrected chi connectivity index (χ3v) is 3.47. The molecule has 0 saturated heterocycles. The Morgan fingerprint density at radius 2 is 2.14 bits per heavy atom. The summed E-state index contributed by atoms with van der Waals surface area (Å²) in [6.07, 6.45) is 5.24. The van der Waals surface area contributed by atoms with Crippen molar-refractivity contribution in [2.75, 3.05) is 6.61 Å². The zero-order chi connectivity index (χ0) is 14.8. The summed E-state index contributed by atoms with van der Waals surface area (Å²) in [5.74, 6) is 0.0296. The maximum absolute atomic E-state index is 11.6. The van der Waals surface area contributed by atoms with Gasteiger partial charge in [-0.1, -0.05) is 11.6 Å². The molecule has 2 heterocycles. The van der Waals surface area contributed by atoms with Crippen LogP contribution in [0, 0.1) is 0 Å². The van der Waals surface area contributed by atoms with Crippen LogP contribution in [-0.4, -0.2) is 27.3 Å². The van der Waals surface area contributed by atoms with Gasteiger partial charge >= 0.3 is 0 Å². The first-order valence-electron chi connectivity index (χ1n) is 6.11. The largest absolute Gasteiger partial charge is 0.366 e. The van der Waals surface area contributed by atoms with Gasteiger partial charge in [0.05, 0.1) is 10.6 Å². The van der Waals surface area contributed by atoms with E-state index >= 15 is 0 Å². The van der Waals surface area contributed by atoms with Gasteiger partial charge in [0.1, 0.15) is 25.0 Å². The first-order chi connectivity index (χ1) is 10.1. The Morgan fingerprint density at radius 1 is 1.38 bits per heavy atom. The lowest BCUT2D eigenvalue weighted by atomic mass is 10.0. The van der Waals surface area contributed by atoms with Crippen molar-refractivity contribution in [1.29, 1.82) is 0 Å². The van der Waals surface area contributed by atoms with E-state index in [0.717, 1.165) is 0 Å². The van der Waals surface area contributed by atoms with Gasteiger partial charge in [0.25, 0.3) is 0 Å². The van der Waals surface area contributed by atoms with Crippen LogP contribution < -0.4 is 5.73 Å². The van der Waals surface area contributed by atoms with Crippen LogP contribution in [-0.2, 0) is 16.2 Å². The topological polar surface area (TPSA) is 92.3 Å². The minimum absolute atomic E-state index is 0.234. The number of carbonyl (C=O) groups excluding carboxylic acids is 1. The van der Waals surface area contributed by atoms with Crippen molar-refractivity contribution in [3.8, 4) is 5.69 Å². The second kappa shape index (κ2) is 5.55. The number of aromatic nitrogens is 3. The minimum atomic E-state index is -0.603. The van der Waals surface area contributed by atoms with Gasteiger partial charge in [-0.2, -0.15) is 4.89 Å². The van der Waals surface area contributed by atoms with Crippen LogP contribution in [0.1, 0.15) is 15.9 Å². The van der Waals surface area contributed by atoms with E-state index in [1.165, 1.54) is 12.7 Å². The molecule has 21 heavy (non-hydrogen) atoms. The SMILES string of the molecule is NC(=O)c1cc(-n2cnnc2)cc(CC2=CCOO2)c1Cl. The number of rotatable bonds is 4. The number of nitrogens with zero attached hydrogens (tertiary/aromatic N) is 3. The van der Waals surface area contributed by atoms with Gasteiger partial charge in [-0.25, -0.2) is 0 Å². The lowest BCUT2D eigenvalue weighted by Gasteiger charge is -2.11. The molecule has 0 radical (unpaired) electrons. The normalized spacial score (nSPS) is 13.9. The molecule has 0 bridgehead atoms. The van der Waals surface area contributed by atoms with Gasteiger partial charge in [0.15, 0.2) is 0 Å². The molecule has 0 unspecified atom stereocenters. The first-order valence-corrected chi connectivity index (χ1v) is 6.48. The number of carbonyl (C=O) groups is 1. The average Bonchev–Trinajstić information content (AvgIpc) is 3.13. The van der Waals surface area contributed by atoms with Crippen molar-refractivity contribution in [2.24, 2.45) is 5.73 Å². The third-order valence-electron chi connectivity index (χ3n) is 3.02. The van der Waals surface area contributed by atoms with Crippen molar-refractivity contribution in [3.63, 3.8) is 0 Å². The molecular weight excluding hydrogens is 296 g/mol.